The summed E-state index contributed by atoms with van der Waals surface area (Å²) in [5, 5.41) is 0. The first-order valence-corrected chi connectivity index (χ1v) is 6.59. The average molecular weight is 259 g/mol. The monoisotopic (exact) mass is 260 g/mol. The molecule has 14 heavy (non-hydrogen) atoms. The summed E-state index contributed by atoms with van der Waals surface area (Å²) < 4.78 is 10.3. The van der Waals surface area contributed by atoms with Crippen LogP contribution in [0, 0.1) is 0 Å². The van der Waals surface area contributed by atoms with Gasteiger partial charge < -0.3 is 0 Å². The number of hydrogen-bond donors (Lipinski definition) is 0. The fourth-order valence-corrected chi connectivity index (χ4v) is 1.78. The van der Waals surface area contributed by atoms with Crippen LogP contribution >= 0.6 is 0 Å². The number of carbonyl (C=O) groups is 1. The van der Waals surface area contributed by atoms with E-state index in [4.69, 9.17) is 9.47 Å². The summed E-state index contributed by atoms with van der Waals surface area (Å²) in [6.45, 7) is 0. The van der Waals surface area contributed by atoms with E-state index in [0.29, 0.717) is 17.1 Å². The van der Waals surface area contributed by atoms with E-state index in [0.717, 1.165) is 0 Å². The quantitative estimate of drug-likeness (QED) is 0.770. The van der Waals surface area contributed by atoms with Crippen LogP contribution in [0.2, 0.25) is 5.82 Å². The third-order valence-corrected chi connectivity index (χ3v) is 3.05. The normalized spacial score (nSPS) is 9.64. The summed E-state index contributed by atoms with van der Waals surface area (Å²) in [6.07, 6.45) is 0. The van der Waals surface area contributed by atoms with E-state index >= 15 is 0 Å². The van der Waals surface area contributed by atoms with Gasteiger partial charge in [0.1, 0.15) is 0 Å². The maximum absolute atomic E-state index is 11.5. The first-order chi connectivity index (χ1) is 6.71. The minimum atomic E-state index is -0.0304. The van der Waals surface area contributed by atoms with Crippen LogP contribution in [0.1, 0.15) is 10.4 Å². The summed E-state index contributed by atoms with van der Waals surface area (Å²) in [7, 11) is 3.14. The molecule has 0 aliphatic rings. The molecule has 4 heteroatoms. The fourth-order valence-electron chi connectivity index (χ4n) is 1.04. The number of methoxy groups -OCH3 is 2. The zero-order valence-corrected chi connectivity index (χ0v) is 10.1. The summed E-state index contributed by atoms with van der Waals surface area (Å²) in [5.74, 6) is 3.19. The van der Waals surface area contributed by atoms with Crippen LogP contribution < -0.4 is 9.47 Å². The van der Waals surface area contributed by atoms with Crippen LogP contribution in [-0.2, 0) is 0 Å². The predicted octanol–water partition coefficient (Wildman–Crippen LogP) is 1.60. The van der Waals surface area contributed by atoms with Crippen molar-refractivity contribution < 1.29 is 14.3 Å². The third kappa shape index (κ3) is 2.50. The number of carbonyl (C=O) groups excluding carboxylic acids is 1. The van der Waals surface area contributed by atoms with Crippen LogP contribution in [0.5, 0.6) is 11.5 Å². The standard InChI is InChI=1S/C10H12O3Se/c1-12-8-4-7(10(11)14-3)5-9(6-8)13-2/h4-6H,1-3H3. The fraction of sp³-hybridized carbons (Fsp3) is 0.300. The zero-order valence-electron chi connectivity index (χ0n) is 8.37. The van der Waals surface area contributed by atoms with Crippen molar-refractivity contribution in [3.8, 4) is 11.5 Å². The summed E-state index contributed by atoms with van der Waals surface area (Å²) in [4.78, 5) is 11.5. The van der Waals surface area contributed by atoms with Crippen LogP contribution in [0.4, 0.5) is 0 Å². The molecule has 0 N–H and O–H groups in total. The van der Waals surface area contributed by atoms with Gasteiger partial charge in [-0.1, -0.05) is 0 Å². The van der Waals surface area contributed by atoms with Crippen molar-refractivity contribution >= 4 is 19.6 Å². The van der Waals surface area contributed by atoms with Crippen LogP contribution in [-0.4, -0.2) is 33.9 Å². The molecule has 0 saturated heterocycles. The molecule has 0 atom stereocenters. The van der Waals surface area contributed by atoms with E-state index in [1.54, 1.807) is 32.4 Å². The minimum absolute atomic E-state index is 0.0304. The molecular formula is C10H12O3Se. The molecule has 0 saturated carbocycles. The molecular weight excluding hydrogens is 247 g/mol. The van der Waals surface area contributed by atoms with E-state index in [-0.39, 0.29) is 19.6 Å². The third-order valence-electron chi connectivity index (χ3n) is 1.77. The molecule has 1 aromatic rings. The van der Waals surface area contributed by atoms with Crippen molar-refractivity contribution in [2.75, 3.05) is 14.2 Å². The van der Waals surface area contributed by atoms with Crippen LogP contribution in [0.3, 0.4) is 0 Å². The average Bonchev–Trinajstić information content (AvgIpc) is 2.27. The molecule has 0 spiro atoms. The Hall–Kier alpha value is -0.991. The molecule has 1 rings (SSSR count). The number of rotatable bonds is 4. The Morgan fingerprint density at radius 2 is 1.64 bits per heavy atom. The molecule has 0 amide bonds. The molecule has 0 bridgehead atoms. The van der Waals surface area contributed by atoms with Crippen LogP contribution in [0.25, 0.3) is 0 Å². The van der Waals surface area contributed by atoms with Gasteiger partial charge in [-0.3, -0.25) is 0 Å². The van der Waals surface area contributed by atoms with Gasteiger partial charge >= 0.3 is 89.2 Å². The van der Waals surface area contributed by atoms with E-state index in [2.05, 4.69) is 0 Å². The van der Waals surface area contributed by atoms with Crippen LogP contribution in [0.15, 0.2) is 18.2 Å². The Kier molecular flexibility index (Phi) is 3.98. The maximum atomic E-state index is 11.5. The predicted molar refractivity (Wildman–Crippen MR) is 55.5 cm³/mol. The summed E-state index contributed by atoms with van der Waals surface area (Å²) in [5.41, 5.74) is 0.656. The molecule has 0 aliphatic heterocycles. The second-order valence-corrected chi connectivity index (χ2v) is 4.23. The molecule has 0 heterocycles. The molecule has 0 aliphatic carbocycles. The van der Waals surface area contributed by atoms with Gasteiger partial charge in [0.2, 0.25) is 0 Å². The number of hydrogen-bond acceptors (Lipinski definition) is 3. The molecule has 1 aromatic carbocycles. The van der Waals surface area contributed by atoms with E-state index < -0.39 is 0 Å². The van der Waals surface area contributed by atoms with Gasteiger partial charge in [-0.15, -0.1) is 0 Å². The van der Waals surface area contributed by atoms with E-state index in [9.17, 15) is 4.79 Å². The van der Waals surface area contributed by atoms with Gasteiger partial charge in [-0.2, -0.15) is 0 Å². The van der Waals surface area contributed by atoms with Gasteiger partial charge in [0, 0.05) is 0 Å². The van der Waals surface area contributed by atoms with Gasteiger partial charge in [-0.05, 0) is 0 Å². The van der Waals surface area contributed by atoms with Crippen molar-refractivity contribution in [3.05, 3.63) is 23.8 Å². The summed E-state index contributed by atoms with van der Waals surface area (Å²) >= 11 is -0.0304. The number of ether oxygens (including phenoxy) is 2. The van der Waals surface area contributed by atoms with Gasteiger partial charge in [0.15, 0.2) is 0 Å². The molecule has 76 valence electrons. The first-order valence-electron chi connectivity index (χ1n) is 4.02. The molecule has 0 aromatic heterocycles. The Morgan fingerprint density at radius 1 is 1.14 bits per heavy atom. The number of benzene rings is 1. The zero-order chi connectivity index (χ0) is 10.6. The van der Waals surface area contributed by atoms with Crippen molar-refractivity contribution in [2.45, 2.75) is 5.82 Å². The van der Waals surface area contributed by atoms with Crippen molar-refractivity contribution in [1.82, 2.24) is 0 Å². The second-order valence-electron chi connectivity index (χ2n) is 2.59. The Balaban J connectivity index is 3.10. The van der Waals surface area contributed by atoms with E-state index in [1.165, 1.54) is 0 Å². The molecule has 0 radical (unpaired) electrons. The van der Waals surface area contributed by atoms with E-state index in [1.807, 2.05) is 5.82 Å². The Bertz CT molecular complexity index is 314. The summed E-state index contributed by atoms with van der Waals surface area (Å²) in [6, 6.07) is 5.21. The molecule has 0 unspecified atom stereocenters. The van der Waals surface area contributed by atoms with Gasteiger partial charge in [0.05, 0.1) is 0 Å². The molecule has 0 fully saturated rings. The van der Waals surface area contributed by atoms with Gasteiger partial charge in [0.25, 0.3) is 0 Å². The Morgan fingerprint density at radius 3 is 2.00 bits per heavy atom. The Labute approximate surface area is 89.6 Å². The topological polar surface area (TPSA) is 35.5 Å². The van der Waals surface area contributed by atoms with Crippen molar-refractivity contribution in [2.24, 2.45) is 0 Å². The van der Waals surface area contributed by atoms with Gasteiger partial charge in [-0.25, -0.2) is 0 Å². The first kappa shape index (κ1) is 11.1. The SMILES string of the molecule is COc1cc(OC)cc(C(=O)[Se]C)c1. The second kappa shape index (κ2) is 5.03. The van der Waals surface area contributed by atoms with Crippen molar-refractivity contribution in [3.63, 3.8) is 0 Å². The van der Waals surface area contributed by atoms with Crippen molar-refractivity contribution in [1.29, 1.82) is 0 Å². The molecule has 3 nitrogen and oxygen atoms in total.